The Labute approximate surface area is 149 Å². The molecule has 1 heterocycles. The molecular formula is C19H21F3N2O2. The summed E-state index contributed by atoms with van der Waals surface area (Å²) in [4.78, 5) is 11.0. The first-order valence-electron chi connectivity index (χ1n) is 8.60. The van der Waals surface area contributed by atoms with Gasteiger partial charge >= 0.3 is 12.1 Å². The van der Waals surface area contributed by atoms with Gasteiger partial charge in [-0.15, -0.1) is 0 Å². The van der Waals surface area contributed by atoms with Crippen LogP contribution >= 0.6 is 0 Å². The van der Waals surface area contributed by atoms with Crippen LogP contribution in [0.5, 0.6) is 0 Å². The van der Waals surface area contributed by atoms with Gasteiger partial charge in [-0.1, -0.05) is 12.1 Å². The Morgan fingerprint density at radius 3 is 2.35 bits per heavy atom. The van der Waals surface area contributed by atoms with Gasteiger partial charge in [0.15, 0.2) is 5.69 Å². The highest BCUT2D eigenvalue weighted by Crippen LogP contribution is 2.38. The Hall–Kier alpha value is -2.31. The predicted molar refractivity (Wildman–Crippen MR) is 90.3 cm³/mol. The number of hydrogen-bond acceptors (Lipinski definition) is 2. The fourth-order valence-corrected chi connectivity index (χ4v) is 3.67. The van der Waals surface area contributed by atoms with Gasteiger partial charge in [0.1, 0.15) is 0 Å². The molecule has 1 N–H and O–H groups in total. The molecule has 0 bridgehead atoms. The number of hydrogen-bond donors (Lipinski definition) is 1. The minimum atomic E-state index is -4.45. The summed E-state index contributed by atoms with van der Waals surface area (Å²) in [6.07, 6.45) is -1.38. The molecule has 7 heteroatoms. The highest BCUT2D eigenvalue weighted by molar-refractivity contribution is 5.87. The quantitative estimate of drug-likeness (QED) is 0.869. The molecule has 0 saturated carbocycles. The van der Waals surface area contributed by atoms with Crippen LogP contribution in [0.2, 0.25) is 0 Å². The van der Waals surface area contributed by atoms with Crippen LogP contribution in [0.4, 0.5) is 13.2 Å². The van der Waals surface area contributed by atoms with Crippen LogP contribution in [0.25, 0.3) is 0 Å². The van der Waals surface area contributed by atoms with Crippen LogP contribution < -0.4 is 0 Å². The Bertz CT molecular complexity index is 821. The number of carboxylic acids is 1. The molecule has 1 aliphatic rings. The highest BCUT2D eigenvalue weighted by Gasteiger charge is 2.41. The summed E-state index contributed by atoms with van der Waals surface area (Å²) in [5, 5.41) is 13.0. The summed E-state index contributed by atoms with van der Waals surface area (Å²) in [5.41, 5.74) is 0.627. The molecule has 0 aliphatic heterocycles. The summed E-state index contributed by atoms with van der Waals surface area (Å²) in [7, 11) is 0. The Morgan fingerprint density at radius 1 is 1.15 bits per heavy atom. The maximum atomic E-state index is 13.4. The highest BCUT2D eigenvalue weighted by atomic mass is 19.4. The van der Waals surface area contributed by atoms with Gasteiger partial charge in [0, 0.05) is 11.3 Å². The van der Waals surface area contributed by atoms with E-state index in [4.69, 9.17) is 5.11 Å². The third kappa shape index (κ3) is 3.48. The largest absolute Gasteiger partial charge is 0.478 e. The second-order valence-corrected chi connectivity index (χ2v) is 7.38. The number of aromatic nitrogens is 2. The van der Waals surface area contributed by atoms with Crippen LogP contribution in [-0.4, -0.2) is 20.9 Å². The SMILES string of the molecule is CC(C)(Cc1ccc(C(=O)O)cc1)n1nc(C(F)(F)F)c2c1CCCC2. The maximum absolute atomic E-state index is 13.4. The van der Waals surface area contributed by atoms with Crippen molar-refractivity contribution in [3.8, 4) is 0 Å². The van der Waals surface area contributed by atoms with Crippen molar-refractivity contribution in [2.45, 2.75) is 57.7 Å². The van der Waals surface area contributed by atoms with Crippen molar-refractivity contribution < 1.29 is 23.1 Å². The Balaban J connectivity index is 1.96. The molecule has 3 rings (SSSR count). The van der Waals surface area contributed by atoms with E-state index in [1.54, 1.807) is 12.1 Å². The van der Waals surface area contributed by atoms with Crippen LogP contribution in [0, 0.1) is 0 Å². The van der Waals surface area contributed by atoms with E-state index >= 15 is 0 Å². The molecule has 140 valence electrons. The normalized spacial score (nSPS) is 15.0. The minimum absolute atomic E-state index is 0.183. The van der Waals surface area contributed by atoms with Gasteiger partial charge in [-0.05, 0) is 63.6 Å². The molecule has 0 amide bonds. The standard InChI is InChI=1S/C19H21F3N2O2/c1-18(2,11-12-7-9-13(10-8-12)17(25)26)24-15-6-4-3-5-14(15)16(23-24)19(20,21)22/h7-10H,3-6,11H2,1-2H3,(H,25,26). The molecule has 0 fully saturated rings. The van der Waals surface area contributed by atoms with E-state index in [1.807, 2.05) is 13.8 Å². The van der Waals surface area contributed by atoms with E-state index in [2.05, 4.69) is 5.10 Å². The third-order valence-corrected chi connectivity index (χ3v) is 4.86. The Morgan fingerprint density at radius 2 is 1.77 bits per heavy atom. The lowest BCUT2D eigenvalue weighted by Crippen LogP contribution is -2.32. The van der Waals surface area contributed by atoms with Crippen molar-refractivity contribution in [3.63, 3.8) is 0 Å². The lowest BCUT2D eigenvalue weighted by atomic mass is 9.91. The second-order valence-electron chi connectivity index (χ2n) is 7.38. The number of aromatic carboxylic acids is 1. The van der Waals surface area contributed by atoms with Crippen LogP contribution in [0.15, 0.2) is 24.3 Å². The number of carbonyl (C=O) groups is 1. The molecule has 0 radical (unpaired) electrons. The Kier molecular flexibility index (Phi) is 4.58. The van der Waals surface area contributed by atoms with Gasteiger partial charge in [0.2, 0.25) is 0 Å². The minimum Gasteiger partial charge on any atom is -0.478 e. The molecule has 0 saturated heterocycles. The zero-order valence-electron chi connectivity index (χ0n) is 14.7. The first kappa shape index (κ1) is 18.5. The number of fused-ring (bicyclic) bond motifs is 1. The molecule has 0 spiro atoms. The number of alkyl halides is 3. The molecule has 1 aromatic heterocycles. The first-order valence-corrected chi connectivity index (χ1v) is 8.60. The fraction of sp³-hybridized carbons (Fsp3) is 0.474. The molecule has 0 atom stereocenters. The van der Waals surface area contributed by atoms with Crippen LogP contribution in [0.3, 0.4) is 0 Å². The van der Waals surface area contributed by atoms with Gasteiger partial charge in [-0.25, -0.2) is 4.79 Å². The van der Waals surface area contributed by atoms with Crippen LogP contribution in [0.1, 0.15) is 59.6 Å². The number of rotatable bonds is 4. The van der Waals surface area contributed by atoms with Gasteiger partial charge in [-0.2, -0.15) is 18.3 Å². The van der Waals surface area contributed by atoms with Crippen molar-refractivity contribution >= 4 is 5.97 Å². The average molecular weight is 366 g/mol. The number of carboxylic acid groups (broad SMARTS) is 1. The van der Waals surface area contributed by atoms with Gasteiger partial charge < -0.3 is 5.11 Å². The average Bonchev–Trinajstić information content (AvgIpc) is 2.95. The van der Waals surface area contributed by atoms with Crippen molar-refractivity contribution in [2.75, 3.05) is 0 Å². The smallest absolute Gasteiger partial charge is 0.435 e. The molecular weight excluding hydrogens is 345 g/mol. The van der Waals surface area contributed by atoms with E-state index in [1.165, 1.54) is 16.8 Å². The van der Waals surface area contributed by atoms with Crippen molar-refractivity contribution in [1.82, 2.24) is 9.78 Å². The van der Waals surface area contributed by atoms with E-state index in [0.717, 1.165) is 18.4 Å². The molecule has 1 aliphatic carbocycles. The summed E-state index contributed by atoms with van der Waals surface area (Å²) < 4.78 is 41.7. The topological polar surface area (TPSA) is 55.1 Å². The summed E-state index contributed by atoms with van der Waals surface area (Å²) in [6, 6.07) is 6.42. The summed E-state index contributed by atoms with van der Waals surface area (Å²) in [5.74, 6) is -1.01. The second kappa shape index (κ2) is 6.45. The zero-order valence-corrected chi connectivity index (χ0v) is 14.7. The first-order chi connectivity index (χ1) is 12.1. The summed E-state index contributed by atoms with van der Waals surface area (Å²) >= 11 is 0. The maximum Gasteiger partial charge on any atom is 0.435 e. The van der Waals surface area contributed by atoms with Crippen molar-refractivity contribution in [1.29, 1.82) is 0 Å². The van der Waals surface area contributed by atoms with Gasteiger partial charge in [-0.3, -0.25) is 4.68 Å². The van der Waals surface area contributed by atoms with E-state index in [9.17, 15) is 18.0 Å². The van der Waals surface area contributed by atoms with Crippen LogP contribution in [-0.2, 0) is 31.0 Å². The van der Waals surface area contributed by atoms with Crippen molar-refractivity contribution in [2.24, 2.45) is 0 Å². The van der Waals surface area contributed by atoms with Gasteiger partial charge in [0.05, 0.1) is 11.1 Å². The number of nitrogens with zero attached hydrogens (tertiary/aromatic N) is 2. The molecule has 0 unspecified atom stereocenters. The molecule has 2 aromatic rings. The predicted octanol–water partition coefficient (Wildman–Crippen LogP) is 4.46. The zero-order chi connectivity index (χ0) is 19.1. The number of halogens is 3. The van der Waals surface area contributed by atoms with E-state index in [-0.39, 0.29) is 5.56 Å². The number of benzene rings is 1. The lowest BCUT2D eigenvalue weighted by molar-refractivity contribution is -0.142. The molecule has 4 nitrogen and oxygen atoms in total. The molecule has 1 aromatic carbocycles. The lowest BCUT2D eigenvalue weighted by Gasteiger charge is -2.29. The fourth-order valence-electron chi connectivity index (χ4n) is 3.67. The van der Waals surface area contributed by atoms with E-state index in [0.29, 0.717) is 30.5 Å². The monoisotopic (exact) mass is 366 g/mol. The third-order valence-electron chi connectivity index (χ3n) is 4.86. The van der Waals surface area contributed by atoms with E-state index < -0.39 is 23.4 Å². The van der Waals surface area contributed by atoms with Crippen molar-refractivity contribution in [3.05, 3.63) is 52.3 Å². The van der Waals surface area contributed by atoms with Gasteiger partial charge in [0.25, 0.3) is 0 Å². The summed E-state index contributed by atoms with van der Waals surface area (Å²) in [6.45, 7) is 3.72. The molecule has 26 heavy (non-hydrogen) atoms.